The molecule has 0 amide bonds. The number of nitrogens with one attached hydrogen (secondary N) is 1. The SMILES string of the molecule is CCNC(=S)N(Cc1ccco1)C1CC1. The molecule has 1 N–H and O–H groups in total. The van der Waals surface area contributed by atoms with Gasteiger partial charge in [-0.25, -0.2) is 0 Å². The predicted octanol–water partition coefficient (Wildman–Crippen LogP) is 2.14. The zero-order chi connectivity index (χ0) is 10.7. The van der Waals surface area contributed by atoms with Crippen LogP contribution in [0.5, 0.6) is 0 Å². The van der Waals surface area contributed by atoms with Crippen LogP contribution in [0.2, 0.25) is 0 Å². The normalized spacial score (nSPS) is 15.0. The van der Waals surface area contributed by atoms with E-state index in [1.165, 1.54) is 12.8 Å². The van der Waals surface area contributed by atoms with Crippen molar-refractivity contribution in [3.8, 4) is 0 Å². The maximum atomic E-state index is 5.34. The molecule has 0 unspecified atom stereocenters. The molecule has 2 rings (SSSR count). The molecule has 0 spiro atoms. The van der Waals surface area contributed by atoms with E-state index in [9.17, 15) is 0 Å². The number of rotatable bonds is 4. The van der Waals surface area contributed by atoms with Crippen molar-refractivity contribution in [2.24, 2.45) is 0 Å². The Morgan fingerprint density at radius 1 is 1.67 bits per heavy atom. The van der Waals surface area contributed by atoms with Gasteiger partial charge in [-0.05, 0) is 44.1 Å². The van der Waals surface area contributed by atoms with Crippen LogP contribution >= 0.6 is 12.2 Å². The Bertz CT molecular complexity index is 319. The van der Waals surface area contributed by atoms with Crippen LogP contribution in [0.25, 0.3) is 0 Å². The molecule has 0 saturated heterocycles. The molecular weight excluding hydrogens is 208 g/mol. The molecule has 0 aromatic carbocycles. The lowest BCUT2D eigenvalue weighted by Crippen LogP contribution is -2.40. The third-order valence-corrected chi connectivity index (χ3v) is 2.86. The number of furan rings is 1. The molecule has 0 radical (unpaired) electrons. The van der Waals surface area contributed by atoms with E-state index < -0.39 is 0 Å². The molecule has 0 aliphatic heterocycles. The fourth-order valence-corrected chi connectivity index (χ4v) is 1.93. The van der Waals surface area contributed by atoms with Crippen LogP contribution in [-0.4, -0.2) is 22.6 Å². The van der Waals surface area contributed by atoms with Gasteiger partial charge in [0.15, 0.2) is 5.11 Å². The van der Waals surface area contributed by atoms with Crippen molar-refractivity contribution in [1.29, 1.82) is 0 Å². The van der Waals surface area contributed by atoms with Gasteiger partial charge in [-0.15, -0.1) is 0 Å². The second kappa shape index (κ2) is 4.66. The van der Waals surface area contributed by atoms with E-state index in [0.717, 1.165) is 24.0 Å². The minimum atomic E-state index is 0.613. The van der Waals surface area contributed by atoms with Crippen molar-refractivity contribution in [3.63, 3.8) is 0 Å². The molecule has 1 fully saturated rings. The fraction of sp³-hybridized carbons (Fsp3) is 0.545. The van der Waals surface area contributed by atoms with Gasteiger partial charge in [-0.3, -0.25) is 0 Å². The van der Waals surface area contributed by atoms with Gasteiger partial charge in [-0.2, -0.15) is 0 Å². The highest BCUT2D eigenvalue weighted by atomic mass is 32.1. The minimum Gasteiger partial charge on any atom is -0.467 e. The van der Waals surface area contributed by atoms with Gasteiger partial charge in [0.2, 0.25) is 0 Å². The molecular formula is C11H16N2OS. The van der Waals surface area contributed by atoms with Gasteiger partial charge < -0.3 is 14.6 Å². The summed E-state index contributed by atoms with van der Waals surface area (Å²) in [6, 6.07) is 4.52. The van der Waals surface area contributed by atoms with E-state index >= 15 is 0 Å². The Balaban J connectivity index is 1.97. The van der Waals surface area contributed by atoms with Crippen LogP contribution in [0, 0.1) is 0 Å². The molecule has 15 heavy (non-hydrogen) atoms. The molecule has 3 nitrogen and oxygen atoms in total. The summed E-state index contributed by atoms with van der Waals surface area (Å²) in [5.41, 5.74) is 0. The summed E-state index contributed by atoms with van der Waals surface area (Å²) in [5.74, 6) is 0.974. The number of thiocarbonyl (C=S) groups is 1. The highest BCUT2D eigenvalue weighted by Crippen LogP contribution is 2.28. The van der Waals surface area contributed by atoms with Crippen molar-refractivity contribution >= 4 is 17.3 Å². The van der Waals surface area contributed by atoms with E-state index in [2.05, 4.69) is 17.1 Å². The Labute approximate surface area is 95.4 Å². The largest absolute Gasteiger partial charge is 0.467 e. The van der Waals surface area contributed by atoms with Crippen LogP contribution < -0.4 is 5.32 Å². The average Bonchev–Trinajstić information content (AvgIpc) is 2.93. The van der Waals surface area contributed by atoms with E-state index in [1.54, 1.807) is 6.26 Å². The molecule has 1 aliphatic carbocycles. The van der Waals surface area contributed by atoms with Crippen molar-refractivity contribution in [3.05, 3.63) is 24.2 Å². The lowest BCUT2D eigenvalue weighted by Gasteiger charge is -2.24. The fourth-order valence-electron chi connectivity index (χ4n) is 1.58. The Morgan fingerprint density at radius 3 is 3.00 bits per heavy atom. The van der Waals surface area contributed by atoms with Gasteiger partial charge in [0.25, 0.3) is 0 Å². The highest BCUT2D eigenvalue weighted by molar-refractivity contribution is 7.80. The molecule has 1 aliphatic rings. The molecule has 1 aromatic rings. The van der Waals surface area contributed by atoms with Gasteiger partial charge >= 0.3 is 0 Å². The molecule has 82 valence electrons. The first-order valence-corrected chi connectivity index (χ1v) is 5.79. The summed E-state index contributed by atoms with van der Waals surface area (Å²) < 4.78 is 5.34. The third-order valence-electron chi connectivity index (χ3n) is 2.48. The second-order valence-electron chi connectivity index (χ2n) is 3.77. The van der Waals surface area contributed by atoms with Crippen LogP contribution in [0.3, 0.4) is 0 Å². The van der Waals surface area contributed by atoms with Crippen molar-refractivity contribution in [1.82, 2.24) is 10.2 Å². The number of hydrogen-bond acceptors (Lipinski definition) is 2. The first-order chi connectivity index (χ1) is 7.31. The first kappa shape index (κ1) is 10.5. The number of hydrogen-bond donors (Lipinski definition) is 1. The van der Waals surface area contributed by atoms with Gasteiger partial charge in [0.1, 0.15) is 5.76 Å². The number of nitrogens with zero attached hydrogens (tertiary/aromatic N) is 1. The summed E-state index contributed by atoms with van der Waals surface area (Å²) in [5, 5.41) is 4.04. The second-order valence-corrected chi connectivity index (χ2v) is 4.16. The van der Waals surface area contributed by atoms with Crippen LogP contribution in [0.4, 0.5) is 0 Å². The third kappa shape index (κ3) is 2.72. The van der Waals surface area contributed by atoms with E-state index in [1.807, 2.05) is 12.1 Å². The van der Waals surface area contributed by atoms with Crippen LogP contribution in [0.15, 0.2) is 22.8 Å². The molecule has 0 atom stereocenters. The van der Waals surface area contributed by atoms with Crippen molar-refractivity contribution < 1.29 is 4.42 Å². The van der Waals surface area contributed by atoms with E-state index in [0.29, 0.717) is 6.04 Å². The summed E-state index contributed by atoms with van der Waals surface area (Å²) >= 11 is 5.34. The van der Waals surface area contributed by atoms with E-state index in [4.69, 9.17) is 16.6 Å². The molecule has 1 saturated carbocycles. The monoisotopic (exact) mass is 224 g/mol. The van der Waals surface area contributed by atoms with Crippen LogP contribution in [0.1, 0.15) is 25.5 Å². The Kier molecular flexibility index (Phi) is 3.26. The topological polar surface area (TPSA) is 28.4 Å². The standard InChI is InChI=1S/C11H16N2OS/c1-2-12-11(15)13(9-5-6-9)8-10-4-3-7-14-10/h3-4,7,9H,2,5-6,8H2,1H3,(H,12,15). The van der Waals surface area contributed by atoms with Gasteiger partial charge in [0, 0.05) is 12.6 Å². The summed E-state index contributed by atoms with van der Waals surface area (Å²) in [6.45, 7) is 3.72. The van der Waals surface area contributed by atoms with Gasteiger partial charge in [0.05, 0.1) is 12.8 Å². The molecule has 1 heterocycles. The maximum absolute atomic E-state index is 5.34. The van der Waals surface area contributed by atoms with Crippen LogP contribution in [-0.2, 0) is 6.54 Å². The zero-order valence-corrected chi connectivity index (χ0v) is 9.72. The average molecular weight is 224 g/mol. The van der Waals surface area contributed by atoms with E-state index in [-0.39, 0.29) is 0 Å². The predicted molar refractivity (Wildman–Crippen MR) is 63.5 cm³/mol. The van der Waals surface area contributed by atoms with Crippen molar-refractivity contribution in [2.45, 2.75) is 32.4 Å². The summed E-state index contributed by atoms with van der Waals surface area (Å²) in [4.78, 5) is 2.22. The minimum absolute atomic E-state index is 0.613. The zero-order valence-electron chi connectivity index (χ0n) is 8.90. The maximum Gasteiger partial charge on any atom is 0.169 e. The lowest BCUT2D eigenvalue weighted by molar-refractivity contribution is 0.350. The summed E-state index contributed by atoms with van der Waals surface area (Å²) in [7, 11) is 0. The highest BCUT2D eigenvalue weighted by Gasteiger charge is 2.31. The molecule has 4 heteroatoms. The summed E-state index contributed by atoms with van der Waals surface area (Å²) in [6.07, 6.45) is 4.19. The molecule has 0 bridgehead atoms. The lowest BCUT2D eigenvalue weighted by atomic mass is 10.4. The van der Waals surface area contributed by atoms with Crippen molar-refractivity contribution in [2.75, 3.05) is 6.54 Å². The van der Waals surface area contributed by atoms with Gasteiger partial charge in [-0.1, -0.05) is 0 Å². The molecule has 1 aromatic heterocycles. The Morgan fingerprint density at radius 2 is 2.47 bits per heavy atom. The Hall–Kier alpha value is -1.03. The first-order valence-electron chi connectivity index (χ1n) is 5.38. The smallest absolute Gasteiger partial charge is 0.169 e. The quantitative estimate of drug-likeness (QED) is 0.793.